The highest BCUT2D eigenvalue weighted by atomic mass is 16.5. The van der Waals surface area contributed by atoms with Crippen LogP contribution in [0.4, 0.5) is 0 Å². The Morgan fingerprint density at radius 2 is 2.05 bits per heavy atom. The van der Waals surface area contributed by atoms with Crippen molar-refractivity contribution in [2.75, 3.05) is 40.3 Å². The van der Waals surface area contributed by atoms with Crippen molar-refractivity contribution in [2.45, 2.75) is 31.8 Å². The third-order valence-corrected chi connectivity index (χ3v) is 4.26. The maximum Gasteiger partial charge on any atom is 0.119 e. The molecule has 1 heterocycles. The first-order valence-corrected chi connectivity index (χ1v) is 7.99. The second-order valence-electron chi connectivity index (χ2n) is 6.11. The first-order valence-electron chi connectivity index (χ1n) is 7.99. The average molecular weight is 291 g/mol. The van der Waals surface area contributed by atoms with E-state index in [0.29, 0.717) is 12.6 Å². The molecule has 0 bridgehead atoms. The minimum atomic E-state index is 0.586. The van der Waals surface area contributed by atoms with Gasteiger partial charge in [-0.3, -0.25) is 0 Å². The Kier molecular flexibility index (Phi) is 6.49. The van der Waals surface area contributed by atoms with E-state index >= 15 is 0 Å². The van der Waals surface area contributed by atoms with Crippen LogP contribution in [0.1, 0.15) is 24.8 Å². The van der Waals surface area contributed by atoms with E-state index in [4.69, 9.17) is 10.5 Å². The molecule has 2 rings (SSSR count). The molecule has 0 radical (unpaired) electrons. The van der Waals surface area contributed by atoms with Gasteiger partial charge in [-0.1, -0.05) is 12.1 Å². The summed E-state index contributed by atoms with van der Waals surface area (Å²) in [6.45, 7) is 4.92. The third-order valence-electron chi connectivity index (χ3n) is 4.26. The topological polar surface area (TPSA) is 41.7 Å². The Hall–Kier alpha value is -1.10. The Morgan fingerprint density at radius 1 is 1.29 bits per heavy atom. The van der Waals surface area contributed by atoms with Crippen LogP contribution in [0.25, 0.3) is 0 Å². The lowest BCUT2D eigenvalue weighted by Crippen LogP contribution is -2.45. The SMILES string of the molecule is CN(C)C1CCCN(CCCOc2ccc(CN)cc2)C1. The molecule has 0 aromatic heterocycles. The predicted octanol–water partition coefficient (Wildman–Crippen LogP) is 1.94. The molecule has 1 saturated heterocycles. The molecular weight excluding hydrogens is 262 g/mol. The van der Waals surface area contributed by atoms with Crippen LogP contribution in [0.5, 0.6) is 5.75 Å². The maximum absolute atomic E-state index is 5.79. The lowest BCUT2D eigenvalue weighted by molar-refractivity contribution is 0.127. The Labute approximate surface area is 128 Å². The van der Waals surface area contributed by atoms with Crippen molar-refractivity contribution in [1.82, 2.24) is 9.80 Å². The Morgan fingerprint density at radius 3 is 2.71 bits per heavy atom. The molecule has 1 fully saturated rings. The van der Waals surface area contributed by atoms with Crippen molar-refractivity contribution in [3.8, 4) is 5.75 Å². The van der Waals surface area contributed by atoms with Crippen LogP contribution < -0.4 is 10.5 Å². The molecule has 0 saturated carbocycles. The summed E-state index contributed by atoms with van der Waals surface area (Å²) in [6, 6.07) is 8.78. The molecule has 118 valence electrons. The Balaban J connectivity index is 1.64. The standard InChI is InChI=1S/C17H29N3O/c1-19(2)16-5-3-10-20(14-16)11-4-12-21-17-8-6-15(13-18)7-9-17/h6-9,16H,3-5,10-14,18H2,1-2H3. The molecule has 1 aromatic rings. The van der Waals surface area contributed by atoms with E-state index in [-0.39, 0.29) is 0 Å². The summed E-state index contributed by atoms with van der Waals surface area (Å²) in [5.74, 6) is 0.942. The lowest BCUT2D eigenvalue weighted by Gasteiger charge is -2.36. The number of likely N-dealkylation sites (N-methyl/N-ethyl adjacent to an activating group) is 1. The van der Waals surface area contributed by atoms with Gasteiger partial charge < -0.3 is 20.3 Å². The molecule has 21 heavy (non-hydrogen) atoms. The number of benzene rings is 1. The number of piperidine rings is 1. The van der Waals surface area contributed by atoms with Gasteiger partial charge in [-0.25, -0.2) is 0 Å². The molecule has 1 aliphatic rings. The highest BCUT2D eigenvalue weighted by Gasteiger charge is 2.20. The zero-order valence-corrected chi connectivity index (χ0v) is 13.4. The molecule has 1 aromatic carbocycles. The highest BCUT2D eigenvalue weighted by molar-refractivity contribution is 5.26. The summed E-state index contributed by atoms with van der Waals surface area (Å²) >= 11 is 0. The maximum atomic E-state index is 5.79. The van der Waals surface area contributed by atoms with Gasteiger partial charge in [0, 0.05) is 25.7 Å². The molecule has 0 spiro atoms. The van der Waals surface area contributed by atoms with Gasteiger partial charge >= 0.3 is 0 Å². The van der Waals surface area contributed by atoms with Gasteiger partial charge in [0.2, 0.25) is 0 Å². The van der Waals surface area contributed by atoms with Crippen molar-refractivity contribution in [2.24, 2.45) is 5.73 Å². The number of hydrogen-bond donors (Lipinski definition) is 1. The molecule has 0 aliphatic carbocycles. The van der Waals surface area contributed by atoms with Crippen LogP contribution in [0.15, 0.2) is 24.3 Å². The van der Waals surface area contributed by atoms with Crippen LogP contribution in [0, 0.1) is 0 Å². The normalized spacial score (nSPS) is 19.9. The van der Waals surface area contributed by atoms with E-state index in [9.17, 15) is 0 Å². The zero-order valence-electron chi connectivity index (χ0n) is 13.4. The van der Waals surface area contributed by atoms with Crippen LogP contribution >= 0.6 is 0 Å². The summed E-state index contributed by atoms with van der Waals surface area (Å²) in [6.07, 6.45) is 3.72. The molecule has 1 aliphatic heterocycles. The first-order chi connectivity index (χ1) is 10.2. The summed E-state index contributed by atoms with van der Waals surface area (Å²) < 4.78 is 5.79. The van der Waals surface area contributed by atoms with E-state index in [0.717, 1.165) is 30.9 Å². The van der Waals surface area contributed by atoms with E-state index in [1.54, 1.807) is 0 Å². The third kappa shape index (κ3) is 5.30. The minimum Gasteiger partial charge on any atom is -0.494 e. The van der Waals surface area contributed by atoms with Gasteiger partial charge in [0.25, 0.3) is 0 Å². The van der Waals surface area contributed by atoms with E-state index in [1.165, 1.54) is 25.9 Å². The molecule has 1 unspecified atom stereocenters. The fraction of sp³-hybridized carbons (Fsp3) is 0.647. The molecule has 2 N–H and O–H groups in total. The highest BCUT2D eigenvalue weighted by Crippen LogP contribution is 2.15. The first kappa shape index (κ1) is 16.3. The summed E-state index contributed by atoms with van der Waals surface area (Å²) in [5, 5.41) is 0. The monoisotopic (exact) mass is 291 g/mol. The van der Waals surface area contributed by atoms with Crippen molar-refractivity contribution in [3.63, 3.8) is 0 Å². The minimum absolute atomic E-state index is 0.586. The van der Waals surface area contributed by atoms with Gasteiger partial charge in [0.1, 0.15) is 5.75 Å². The lowest BCUT2D eigenvalue weighted by atomic mass is 10.0. The van der Waals surface area contributed by atoms with E-state index < -0.39 is 0 Å². The molecule has 1 atom stereocenters. The number of ether oxygens (including phenoxy) is 1. The second kappa shape index (κ2) is 8.37. The van der Waals surface area contributed by atoms with Gasteiger partial charge in [0.05, 0.1) is 6.61 Å². The number of nitrogens with two attached hydrogens (primary N) is 1. The number of nitrogens with zero attached hydrogens (tertiary/aromatic N) is 2. The van der Waals surface area contributed by atoms with E-state index in [1.807, 2.05) is 24.3 Å². The smallest absolute Gasteiger partial charge is 0.119 e. The van der Waals surface area contributed by atoms with Gasteiger partial charge in [-0.15, -0.1) is 0 Å². The summed E-state index contributed by atoms with van der Waals surface area (Å²) in [5.41, 5.74) is 6.73. The molecular formula is C17H29N3O. The Bertz CT molecular complexity index is 405. The van der Waals surface area contributed by atoms with Crippen molar-refractivity contribution < 1.29 is 4.74 Å². The predicted molar refractivity (Wildman–Crippen MR) is 87.6 cm³/mol. The van der Waals surface area contributed by atoms with Crippen LogP contribution in [0.2, 0.25) is 0 Å². The number of rotatable bonds is 7. The second-order valence-corrected chi connectivity index (χ2v) is 6.11. The zero-order chi connectivity index (χ0) is 15.1. The van der Waals surface area contributed by atoms with Gasteiger partial charge in [-0.05, 0) is 57.6 Å². The van der Waals surface area contributed by atoms with Crippen LogP contribution in [-0.2, 0) is 6.54 Å². The summed E-state index contributed by atoms with van der Waals surface area (Å²) in [7, 11) is 4.37. The largest absolute Gasteiger partial charge is 0.494 e. The number of likely N-dealkylation sites (tertiary alicyclic amines) is 1. The number of hydrogen-bond acceptors (Lipinski definition) is 4. The van der Waals surface area contributed by atoms with Crippen LogP contribution in [-0.4, -0.2) is 56.2 Å². The average Bonchev–Trinajstić information content (AvgIpc) is 2.52. The molecule has 4 heteroatoms. The van der Waals surface area contributed by atoms with Gasteiger partial charge in [0.15, 0.2) is 0 Å². The van der Waals surface area contributed by atoms with Gasteiger partial charge in [-0.2, -0.15) is 0 Å². The van der Waals surface area contributed by atoms with Crippen LogP contribution in [0.3, 0.4) is 0 Å². The molecule has 4 nitrogen and oxygen atoms in total. The quantitative estimate of drug-likeness (QED) is 0.780. The van der Waals surface area contributed by atoms with E-state index in [2.05, 4.69) is 23.9 Å². The van der Waals surface area contributed by atoms with Crippen molar-refractivity contribution in [1.29, 1.82) is 0 Å². The molecule has 0 amide bonds. The fourth-order valence-electron chi connectivity index (χ4n) is 2.86. The summed E-state index contributed by atoms with van der Waals surface area (Å²) in [4.78, 5) is 4.91. The van der Waals surface area contributed by atoms with Crippen molar-refractivity contribution in [3.05, 3.63) is 29.8 Å². The fourth-order valence-corrected chi connectivity index (χ4v) is 2.86. The van der Waals surface area contributed by atoms with Crippen molar-refractivity contribution >= 4 is 0 Å².